The molecule has 0 saturated carbocycles. The fraction of sp³-hybridized carbons (Fsp3) is 0.250. The van der Waals surface area contributed by atoms with Gasteiger partial charge in [0, 0.05) is 19.4 Å². The zero-order valence-electron chi connectivity index (χ0n) is 14.1. The number of aliphatic hydroxyl groups is 1. The number of hydrogen-bond acceptors (Lipinski definition) is 4. The fourth-order valence-corrected chi connectivity index (χ4v) is 3.48. The molecule has 26 heavy (non-hydrogen) atoms. The highest BCUT2D eigenvalue weighted by molar-refractivity contribution is 5.78. The van der Waals surface area contributed by atoms with Crippen molar-refractivity contribution in [3.8, 4) is 0 Å². The van der Waals surface area contributed by atoms with Crippen molar-refractivity contribution in [1.82, 2.24) is 14.9 Å². The number of aliphatic hydroxyl groups excluding tert-OH is 1. The predicted molar refractivity (Wildman–Crippen MR) is 97.7 cm³/mol. The first-order chi connectivity index (χ1) is 12.6. The van der Waals surface area contributed by atoms with Gasteiger partial charge >= 0.3 is 0 Å². The van der Waals surface area contributed by atoms with Crippen LogP contribution in [0.2, 0.25) is 0 Å². The normalized spacial score (nSPS) is 18.7. The highest BCUT2D eigenvalue weighted by Crippen LogP contribution is 2.31. The molecular weight excluding hydrogens is 330 g/mol. The fourth-order valence-electron chi connectivity index (χ4n) is 3.48. The van der Waals surface area contributed by atoms with E-state index in [1.807, 2.05) is 30.3 Å². The van der Waals surface area contributed by atoms with Crippen LogP contribution in [-0.2, 0) is 17.8 Å². The molecule has 0 spiro atoms. The minimum absolute atomic E-state index is 0.144. The average Bonchev–Trinajstić information content (AvgIpc) is 2.97. The van der Waals surface area contributed by atoms with Crippen molar-refractivity contribution in [3.05, 3.63) is 76.3 Å². The topological polar surface area (TPSA) is 84.2 Å². The van der Waals surface area contributed by atoms with Gasteiger partial charge in [-0.2, -0.15) is 0 Å². The lowest BCUT2D eigenvalue weighted by Gasteiger charge is -2.18. The van der Waals surface area contributed by atoms with Crippen molar-refractivity contribution in [1.29, 1.82) is 0 Å². The lowest BCUT2D eigenvalue weighted by Crippen LogP contribution is -2.35. The summed E-state index contributed by atoms with van der Waals surface area (Å²) >= 11 is 0. The largest absolute Gasteiger partial charge is 0.390 e. The first kappa shape index (κ1) is 16.5. The lowest BCUT2D eigenvalue weighted by molar-refractivity contribution is -0.122. The van der Waals surface area contributed by atoms with E-state index in [1.54, 1.807) is 18.2 Å². The highest BCUT2D eigenvalue weighted by Gasteiger charge is 2.31. The van der Waals surface area contributed by atoms with Crippen LogP contribution < -0.4 is 10.9 Å². The van der Waals surface area contributed by atoms with Crippen LogP contribution in [0.1, 0.15) is 23.6 Å². The first-order valence-electron chi connectivity index (χ1n) is 8.63. The smallest absolute Gasteiger partial charge is 0.261 e. The molecule has 2 atom stereocenters. The molecule has 0 bridgehead atoms. The quantitative estimate of drug-likeness (QED) is 0.749. The molecule has 2 N–H and O–H groups in total. The Hall–Kier alpha value is -2.99. The summed E-state index contributed by atoms with van der Waals surface area (Å²) in [6.45, 7) is 0.243. The van der Waals surface area contributed by atoms with Gasteiger partial charge in [-0.3, -0.25) is 14.2 Å². The van der Waals surface area contributed by atoms with Crippen LogP contribution in [-0.4, -0.2) is 26.7 Å². The summed E-state index contributed by atoms with van der Waals surface area (Å²) in [7, 11) is 0. The summed E-state index contributed by atoms with van der Waals surface area (Å²) in [4.78, 5) is 29.1. The van der Waals surface area contributed by atoms with Crippen LogP contribution in [0.3, 0.4) is 0 Å². The van der Waals surface area contributed by atoms with Crippen LogP contribution >= 0.6 is 0 Å². The summed E-state index contributed by atoms with van der Waals surface area (Å²) in [5.41, 5.74) is 2.50. The molecule has 1 aliphatic carbocycles. The Morgan fingerprint density at radius 1 is 1.19 bits per heavy atom. The van der Waals surface area contributed by atoms with Gasteiger partial charge in [-0.25, -0.2) is 4.98 Å². The zero-order chi connectivity index (χ0) is 18.1. The van der Waals surface area contributed by atoms with Crippen molar-refractivity contribution >= 4 is 16.8 Å². The van der Waals surface area contributed by atoms with Gasteiger partial charge in [-0.1, -0.05) is 36.4 Å². The molecule has 1 heterocycles. The maximum Gasteiger partial charge on any atom is 0.261 e. The van der Waals surface area contributed by atoms with Crippen molar-refractivity contribution in [2.24, 2.45) is 0 Å². The summed E-state index contributed by atoms with van der Waals surface area (Å²) in [6.07, 6.45) is 1.53. The minimum Gasteiger partial charge on any atom is -0.390 e. The molecule has 1 aromatic heterocycles. The molecule has 6 heteroatoms. The molecule has 0 radical (unpaired) electrons. The van der Waals surface area contributed by atoms with Gasteiger partial charge in [-0.05, 0) is 23.3 Å². The molecule has 0 fully saturated rings. The van der Waals surface area contributed by atoms with E-state index in [1.165, 1.54) is 10.9 Å². The monoisotopic (exact) mass is 349 g/mol. The molecule has 4 rings (SSSR count). The van der Waals surface area contributed by atoms with Gasteiger partial charge in [0.25, 0.3) is 5.56 Å². The van der Waals surface area contributed by atoms with Gasteiger partial charge in [-0.15, -0.1) is 0 Å². The van der Waals surface area contributed by atoms with E-state index >= 15 is 0 Å². The second kappa shape index (κ2) is 6.72. The number of rotatable bonds is 4. The molecule has 0 aliphatic heterocycles. The van der Waals surface area contributed by atoms with Gasteiger partial charge < -0.3 is 10.4 Å². The third kappa shape index (κ3) is 2.99. The Balaban J connectivity index is 1.45. The Labute approximate surface area is 150 Å². The molecule has 2 aromatic carbocycles. The molecule has 2 unspecified atom stereocenters. The van der Waals surface area contributed by atoms with E-state index in [0.29, 0.717) is 17.3 Å². The van der Waals surface area contributed by atoms with Crippen LogP contribution in [0.25, 0.3) is 10.9 Å². The molecule has 0 saturated heterocycles. The maximum atomic E-state index is 12.5. The Bertz CT molecular complexity index is 1030. The van der Waals surface area contributed by atoms with Gasteiger partial charge in [0.05, 0.1) is 29.4 Å². The van der Waals surface area contributed by atoms with Crippen molar-refractivity contribution in [3.63, 3.8) is 0 Å². The molecular formula is C20H19N3O3. The lowest BCUT2D eigenvalue weighted by atomic mass is 10.1. The number of carbonyl (C=O) groups is 1. The molecule has 6 nitrogen and oxygen atoms in total. The Morgan fingerprint density at radius 3 is 2.85 bits per heavy atom. The average molecular weight is 349 g/mol. The second-order valence-corrected chi connectivity index (χ2v) is 6.53. The number of aromatic nitrogens is 2. The van der Waals surface area contributed by atoms with E-state index in [9.17, 15) is 14.7 Å². The number of nitrogens with one attached hydrogen (secondary N) is 1. The van der Waals surface area contributed by atoms with Crippen LogP contribution in [0.15, 0.2) is 59.7 Å². The van der Waals surface area contributed by atoms with Crippen molar-refractivity contribution in [2.75, 3.05) is 0 Å². The highest BCUT2D eigenvalue weighted by atomic mass is 16.3. The number of benzene rings is 2. The van der Waals surface area contributed by atoms with Gasteiger partial charge in [0.15, 0.2) is 0 Å². The summed E-state index contributed by atoms with van der Waals surface area (Å²) in [6, 6.07) is 14.5. The number of amides is 1. The van der Waals surface area contributed by atoms with Crippen LogP contribution in [0.4, 0.5) is 0 Å². The summed E-state index contributed by atoms with van der Waals surface area (Å²) < 4.78 is 1.45. The standard InChI is InChI=1S/C20H19N3O3/c24-17-11-13-5-1-2-6-14(13)19(17)22-18(25)9-10-23-12-21-16-8-4-3-7-15(16)20(23)26/h1-8,12,17,19,24H,9-11H2,(H,22,25). The molecule has 132 valence electrons. The third-order valence-electron chi connectivity index (χ3n) is 4.83. The zero-order valence-corrected chi connectivity index (χ0v) is 14.1. The minimum atomic E-state index is -0.624. The van der Waals surface area contributed by atoms with E-state index < -0.39 is 12.1 Å². The third-order valence-corrected chi connectivity index (χ3v) is 4.83. The summed E-state index contributed by atoms with van der Waals surface area (Å²) in [5, 5.41) is 13.7. The number of para-hydroxylation sites is 1. The number of nitrogens with zero attached hydrogens (tertiary/aromatic N) is 2. The van der Waals surface area contributed by atoms with Crippen molar-refractivity contribution < 1.29 is 9.90 Å². The van der Waals surface area contributed by atoms with E-state index in [4.69, 9.17) is 0 Å². The molecule has 1 aliphatic rings. The number of fused-ring (bicyclic) bond motifs is 2. The van der Waals surface area contributed by atoms with E-state index in [0.717, 1.165) is 11.1 Å². The van der Waals surface area contributed by atoms with E-state index in [2.05, 4.69) is 10.3 Å². The van der Waals surface area contributed by atoms with Crippen molar-refractivity contribution in [2.45, 2.75) is 31.5 Å². The number of hydrogen-bond donors (Lipinski definition) is 2. The maximum absolute atomic E-state index is 12.5. The first-order valence-corrected chi connectivity index (χ1v) is 8.63. The number of carbonyl (C=O) groups excluding carboxylic acids is 1. The summed E-state index contributed by atoms with van der Waals surface area (Å²) in [5.74, 6) is -0.203. The van der Waals surface area contributed by atoms with Crippen LogP contribution in [0, 0.1) is 0 Å². The van der Waals surface area contributed by atoms with E-state index in [-0.39, 0.29) is 24.4 Å². The van der Waals surface area contributed by atoms with Crippen LogP contribution in [0.5, 0.6) is 0 Å². The number of aryl methyl sites for hydroxylation is 1. The molecule has 3 aromatic rings. The molecule has 1 amide bonds. The van der Waals surface area contributed by atoms with Gasteiger partial charge in [0.2, 0.25) is 5.91 Å². The predicted octanol–water partition coefficient (Wildman–Crippen LogP) is 1.56. The SMILES string of the molecule is O=C(CCn1cnc2ccccc2c1=O)NC1c2ccccc2CC1O. The Morgan fingerprint density at radius 2 is 1.96 bits per heavy atom. The second-order valence-electron chi connectivity index (χ2n) is 6.53. The Kier molecular flexibility index (Phi) is 4.26. The van der Waals surface area contributed by atoms with Gasteiger partial charge in [0.1, 0.15) is 0 Å².